The van der Waals surface area contributed by atoms with Gasteiger partial charge in [-0.3, -0.25) is 4.57 Å². The summed E-state index contributed by atoms with van der Waals surface area (Å²) >= 11 is 3.11. The summed E-state index contributed by atoms with van der Waals surface area (Å²) in [6, 6.07) is 4.24. The number of nitrogens with two attached hydrogens (primary N) is 1. The van der Waals surface area contributed by atoms with Crippen LogP contribution in [0.1, 0.15) is 11.3 Å². The number of benzene rings is 1. The van der Waals surface area contributed by atoms with Gasteiger partial charge in [0, 0.05) is 10.0 Å². The third-order valence-corrected chi connectivity index (χ3v) is 3.17. The molecule has 0 aliphatic heterocycles. The maximum absolute atomic E-state index is 10.8. The van der Waals surface area contributed by atoms with E-state index in [1.54, 1.807) is 6.07 Å². The van der Waals surface area contributed by atoms with Gasteiger partial charge in [-0.2, -0.15) is 0 Å². The van der Waals surface area contributed by atoms with Gasteiger partial charge in [-0.25, -0.2) is 0 Å². The van der Waals surface area contributed by atoms with Crippen LogP contribution in [-0.2, 0) is 4.57 Å². The summed E-state index contributed by atoms with van der Waals surface area (Å²) in [7, 11) is -4.43. The highest BCUT2D eigenvalue weighted by Crippen LogP contribution is 2.50. The molecule has 1 aromatic carbocycles. The minimum atomic E-state index is -4.43. The molecular weight excluding hydrogens is 273 g/mol. The second-order valence-electron chi connectivity index (χ2n) is 2.74. The van der Waals surface area contributed by atoms with E-state index in [0.29, 0.717) is 4.47 Å². The summed E-state index contributed by atoms with van der Waals surface area (Å²) in [5.41, 5.74) is 5.32. The van der Waals surface area contributed by atoms with Crippen LogP contribution in [0.4, 0.5) is 0 Å². The third kappa shape index (κ3) is 2.56. The Hall–Kier alpha value is -0.390. The van der Waals surface area contributed by atoms with Gasteiger partial charge in [0.05, 0.1) is 0 Å². The molecule has 0 saturated heterocycles. The van der Waals surface area contributed by atoms with Crippen LogP contribution >= 0.6 is 23.5 Å². The molecule has 0 aliphatic carbocycles. The van der Waals surface area contributed by atoms with Crippen molar-refractivity contribution in [2.24, 2.45) is 5.73 Å². The lowest BCUT2D eigenvalue weighted by molar-refractivity contribution is 0.357. The molecule has 14 heavy (non-hydrogen) atoms. The molecule has 0 amide bonds. The van der Waals surface area contributed by atoms with Crippen LogP contribution in [0.25, 0.3) is 0 Å². The Kier molecular flexibility index (Phi) is 3.34. The molecule has 1 aromatic rings. The first kappa shape index (κ1) is 11.7. The molecule has 0 saturated carbocycles. The van der Waals surface area contributed by atoms with Crippen molar-refractivity contribution in [2.75, 3.05) is 0 Å². The van der Waals surface area contributed by atoms with E-state index in [0.717, 1.165) is 0 Å². The van der Waals surface area contributed by atoms with Crippen molar-refractivity contribution in [3.05, 3.63) is 28.2 Å². The van der Waals surface area contributed by atoms with E-state index < -0.39 is 13.4 Å². The second-order valence-corrected chi connectivity index (χ2v) is 5.39. The van der Waals surface area contributed by atoms with Gasteiger partial charge in [-0.05, 0) is 18.2 Å². The van der Waals surface area contributed by atoms with Crippen molar-refractivity contribution in [3.63, 3.8) is 0 Å². The van der Waals surface area contributed by atoms with E-state index in [4.69, 9.17) is 15.5 Å². The smallest absolute Gasteiger partial charge is 0.346 e. The van der Waals surface area contributed by atoms with E-state index in [2.05, 4.69) is 15.9 Å². The molecule has 0 aromatic heterocycles. The first-order chi connectivity index (χ1) is 6.32. The first-order valence-electron chi connectivity index (χ1n) is 3.61. The van der Waals surface area contributed by atoms with Crippen LogP contribution in [0.2, 0.25) is 0 Å². The minimum Gasteiger partial charge on any atom is -0.508 e. The Balaban J connectivity index is 3.19. The first-order valence-corrected chi connectivity index (χ1v) is 6.09. The van der Waals surface area contributed by atoms with Gasteiger partial charge in [-0.15, -0.1) is 0 Å². The second kappa shape index (κ2) is 4.00. The largest absolute Gasteiger partial charge is 0.508 e. The zero-order valence-electron chi connectivity index (χ0n) is 6.96. The fraction of sp³-hybridized carbons (Fsp3) is 0.143. The summed E-state index contributed by atoms with van der Waals surface area (Å²) in [6.45, 7) is 0. The van der Waals surface area contributed by atoms with Crippen LogP contribution in [0.15, 0.2) is 22.7 Å². The van der Waals surface area contributed by atoms with E-state index in [-0.39, 0.29) is 11.3 Å². The van der Waals surface area contributed by atoms with Crippen molar-refractivity contribution in [1.82, 2.24) is 0 Å². The Morgan fingerprint density at radius 3 is 2.50 bits per heavy atom. The lowest BCUT2D eigenvalue weighted by Crippen LogP contribution is -2.10. The molecule has 0 aliphatic rings. The summed E-state index contributed by atoms with van der Waals surface area (Å²) < 4.78 is 11.4. The highest BCUT2D eigenvalue weighted by molar-refractivity contribution is 9.10. The average Bonchev–Trinajstić information content (AvgIpc) is 2.06. The number of phenols is 1. The van der Waals surface area contributed by atoms with Crippen molar-refractivity contribution >= 4 is 23.5 Å². The summed E-state index contributed by atoms with van der Waals surface area (Å²) in [6.07, 6.45) is 0. The van der Waals surface area contributed by atoms with Crippen molar-refractivity contribution < 1.29 is 19.5 Å². The number of rotatable bonds is 2. The molecular formula is C7H9BrNO4P. The van der Waals surface area contributed by atoms with E-state index in [9.17, 15) is 9.67 Å². The average molecular weight is 282 g/mol. The zero-order chi connectivity index (χ0) is 10.9. The number of hydrogen-bond donors (Lipinski definition) is 4. The maximum Gasteiger partial charge on any atom is 0.346 e. The molecule has 0 fully saturated rings. The maximum atomic E-state index is 10.8. The van der Waals surface area contributed by atoms with Crippen LogP contribution in [0.5, 0.6) is 5.75 Å². The quantitative estimate of drug-likeness (QED) is 0.612. The molecule has 7 heteroatoms. The van der Waals surface area contributed by atoms with Gasteiger partial charge in [0.2, 0.25) is 0 Å². The third-order valence-electron chi connectivity index (χ3n) is 1.67. The lowest BCUT2D eigenvalue weighted by Gasteiger charge is -2.15. The highest BCUT2D eigenvalue weighted by atomic mass is 79.9. The summed E-state index contributed by atoms with van der Waals surface area (Å²) in [5.74, 6) is -1.73. The Morgan fingerprint density at radius 1 is 1.43 bits per heavy atom. The Morgan fingerprint density at radius 2 is 2.00 bits per heavy atom. The van der Waals surface area contributed by atoms with Gasteiger partial charge >= 0.3 is 7.60 Å². The predicted octanol–water partition coefficient (Wildman–Crippen LogP) is 1.29. The molecule has 1 unspecified atom stereocenters. The van der Waals surface area contributed by atoms with Gasteiger partial charge < -0.3 is 20.6 Å². The Labute approximate surface area is 88.8 Å². The summed E-state index contributed by atoms with van der Waals surface area (Å²) in [4.78, 5) is 17.6. The number of hydrogen-bond acceptors (Lipinski definition) is 3. The number of phenolic OH excluding ortho intramolecular Hbond substituents is 1. The molecule has 1 atom stereocenters. The van der Waals surface area contributed by atoms with Crippen LogP contribution in [0.3, 0.4) is 0 Å². The van der Waals surface area contributed by atoms with Gasteiger partial charge in [0.25, 0.3) is 0 Å². The van der Waals surface area contributed by atoms with Crippen LogP contribution in [-0.4, -0.2) is 14.9 Å². The number of halogens is 1. The standard InChI is InChI=1S/C7H9BrNO4P/c8-4-1-2-6(10)5(3-4)7(9)14(11,12)13/h1-3,7,10H,9H2,(H2,11,12,13). The van der Waals surface area contributed by atoms with E-state index in [1.165, 1.54) is 12.1 Å². The predicted molar refractivity (Wildman–Crippen MR) is 54.8 cm³/mol. The molecule has 5 N–H and O–H groups in total. The Bertz CT molecular complexity index is 391. The fourth-order valence-electron chi connectivity index (χ4n) is 0.943. The van der Waals surface area contributed by atoms with E-state index >= 15 is 0 Å². The van der Waals surface area contributed by atoms with Gasteiger partial charge in [-0.1, -0.05) is 15.9 Å². The highest BCUT2D eigenvalue weighted by Gasteiger charge is 2.28. The summed E-state index contributed by atoms with van der Waals surface area (Å²) in [5, 5.41) is 9.32. The molecule has 5 nitrogen and oxygen atoms in total. The minimum absolute atomic E-state index is 0.0210. The fourth-order valence-corrected chi connectivity index (χ4v) is 1.89. The van der Waals surface area contributed by atoms with Crippen LogP contribution in [0, 0.1) is 0 Å². The van der Waals surface area contributed by atoms with Crippen molar-refractivity contribution in [1.29, 1.82) is 0 Å². The van der Waals surface area contributed by atoms with E-state index in [1.807, 2.05) is 0 Å². The zero-order valence-corrected chi connectivity index (χ0v) is 9.44. The van der Waals surface area contributed by atoms with Crippen LogP contribution < -0.4 is 5.73 Å². The van der Waals surface area contributed by atoms with Crippen molar-refractivity contribution in [2.45, 2.75) is 5.78 Å². The lowest BCUT2D eigenvalue weighted by atomic mass is 10.2. The van der Waals surface area contributed by atoms with Gasteiger partial charge in [0.15, 0.2) is 0 Å². The molecule has 0 bridgehead atoms. The monoisotopic (exact) mass is 281 g/mol. The SMILES string of the molecule is NC(c1cc(Br)ccc1O)P(=O)(O)O. The molecule has 78 valence electrons. The molecule has 0 spiro atoms. The van der Waals surface area contributed by atoms with Crippen molar-refractivity contribution in [3.8, 4) is 5.75 Å². The number of aromatic hydroxyl groups is 1. The van der Waals surface area contributed by atoms with Gasteiger partial charge in [0.1, 0.15) is 11.5 Å². The molecule has 0 heterocycles. The topological polar surface area (TPSA) is 104 Å². The molecule has 1 rings (SSSR count). The normalized spacial score (nSPS) is 14.0. The molecule has 0 radical (unpaired) electrons.